The van der Waals surface area contributed by atoms with E-state index in [4.69, 9.17) is 15.2 Å². The summed E-state index contributed by atoms with van der Waals surface area (Å²) < 4.78 is 10.5. The molecule has 0 fully saturated rings. The normalized spacial score (nSPS) is 18.5. The van der Waals surface area contributed by atoms with E-state index in [0.717, 1.165) is 11.3 Å². The van der Waals surface area contributed by atoms with Crippen LogP contribution in [0, 0.1) is 17.2 Å². The second-order valence-electron chi connectivity index (χ2n) is 4.57. The quantitative estimate of drug-likeness (QED) is 0.842. The number of ether oxygens (including phenoxy) is 2. The maximum Gasteiger partial charge on any atom is 0.244 e. The highest BCUT2D eigenvalue weighted by Gasteiger charge is 2.35. The Morgan fingerprint density at radius 2 is 2.33 bits per heavy atom. The topological polar surface area (TPSA) is 97.0 Å². The lowest BCUT2D eigenvalue weighted by Gasteiger charge is -2.26. The van der Waals surface area contributed by atoms with E-state index in [1.54, 1.807) is 7.11 Å². The van der Waals surface area contributed by atoms with Gasteiger partial charge in [-0.3, -0.25) is 5.10 Å². The molecule has 0 saturated heterocycles. The third-order valence-electron chi connectivity index (χ3n) is 3.02. The zero-order valence-electron chi connectivity index (χ0n) is 10.7. The van der Waals surface area contributed by atoms with Crippen molar-refractivity contribution < 1.29 is 9.47 Å². The number of H-pyrrole nitrogens is 1. The number of allylic oxidation sites excluding steroid dienone is 1. The molecule has 1 aliphatic heterocycles. The van der Waals surface area contributed by atoms with Crippen LogP contribution < -0.4 is 10.5 Å². The van der Waals surface area contributed by atoms with Crippen molar-refractivity contribution in [2.45, 2.75) is 26.4 Å². The molecule has 1 aromatic rings. The Morgan fingerprint density at radius 1 is 1.61 bits per heavy atom. The Labute approximate surface area is 105 Å². The Balaban J connectivity index is 2.54. The van der Waals surface area contributed by atoms with E-state index in [2.05, 4.69) is 16.3 Å². The first-order chi connectivity index (χ1) is 8.60. The van der Waals surface area contributed by atoms with Crippen molar-refractivity contribution in [2.75, 3.05) is 7.11 Å². The van der Waals surface area contributed by atoms with Crippen LogP contribution in [-0.2, 0) is 11.3 Å². The van der Waals surface area contributed by atoms with Crippen molar-refractivity contribution in [3.63, 3.8) is 0 Å². The van der Waals surface area contributed by atoms with Crippen LogP contribution in [0.1, 0.15) is 31.0 Å². The first-order valence-electron chi connectivity index (χ1n) is 5.73. The number of rotatable bonds is 3. The minimum atomic E-state index is -0.109. The summed E-state index contributed by atoms with van der Waals surface area (Å²) in [7, 11) is 1.61. The molecule has 1 unspecified atom stereocenters. The van der Waals surface area contributed by atoms with E-state index in [-0.39, 0.29) is 17.7 Å². The van der Waals surface area contributed by atoms with Gasteiger partial charge in [0.05, 0.1) is 17.9 Å². The predicted octanol–water partition coefficient (Wildman–Crippen LogP) is 1.38. The number of hydrogen-bond acceptors (Lipinski definition) is 5. The molecule has 0 radical (unpaired) electrons. The zero-order valence-corrected chi connectivity index (χ0v) is 10.7. The SMILES string of the molecule is COCc1[nH]nc2c1C(C(C)C)C(C#N)=C(N)O2. The largest absolute Gasteiger partial charge is 0.420 e. The monoisotopic (exact) mass is 248 g/mol. The zero-order chi connectivity index (χ0) is 13.3. The lowest BCUT2D eigenvalue weighted by Crippen LogP contribution is -2.23. The van der Waals surface area contributed by atoms with Crippen molar-refractivity contribution >= 4 is 0 Å². The van der Waals surface area contributed by atoms with Crippen molar-refractivity contribution in [3.05, 3.63) is 22.7 Å². The molecule has 18 heavy (non-hydrogen) atoms. The Morgan fingerprint density at radius 3 is 2.89 bits per heavy atom. The van der Waals surface area contributed by atoms with Gasteiger partial charge in [-0.1, -0.05) is 13.8 Å². The molecule has 1 aliphatic rings. The maximum atomic E-state index is 9.23. The lowest BCUT2D eigenvalue weighted by molar-refractivity contribution is 0.180. The van der Waals surface area contributed by atoms with Crippen LogP contribution >= 0.6 is 0 Å². The molecule has 96 valence electrons. The van der Waals surface area contributed by atoms with Gasteiger partial charge in [0.25, 0.3) is 0 Å². The third kappa shape index (κ3) is 1.83. The van der Waals surface area contributed by atoms with E-state index >= 15 is 0 Å². The smallest absolute Gasteiger partial charge is 0.244 e. The van der Waals surface area contributed by atoms with Crippen LogP contribution in [-0.4, -0.2) is 17.3 Å². The second-order valence-corrected chi connectivity index (χ2v) is 4.57. The fourth-order valence-corrected chi connectivity index (χ4v) is 2.27. The van der Waals surface area contributed by atoms with Crippen LogP contribution in [0.2, 0.25) is 0 Å². The summed E-state index contributed by atoms with van der Waals surface area (Å²) in [6.45, 7) is 4.47. The first kappa shape index (κ1) is 12.5. The standard InChI is InChI=1S/C12H16N4O2/c1-6(2)9-7(4-13)11(14)18-12-10(9)8(5-17-3)15-16-12/h6,9H,5,14H2,1-3H3,(H,15,16). The van der Waals surface area contributed by atoms with Gasteiger partial charge in [0, 0.05) is 18.6 Å². The van der Waals surface area contributed by atoms with Crippen LogP contribution in [0.25, 0.3) is 0 Å². The molecule has 2 rings (SSSR count). The minimum absolute atomic E-state index is 0.109. The van der Waals surface area contributed by atoms with Gasteiger partial charge in [-0.15, -0.1) is 5.10 Å². The number of nitrogens with zero attached hydrogens (tertiary/aromatic N) is 2. The molecule has 0 aromatic carbocycles. The molecule has 0 aliphatic carbocycles. The second kappa shape index (κ2) is 4.70. The summed E-state index contributed by atoms with van der Waals surface area (Å²) in [5.74, 6) is 0.688. The van der Waals surface area contributed by atoms with Gasteiger partial charge >= 0.3 is 0 Å². The van der Waals surface area contributed by atoms with Gasteiger partial charge < -0.3 is 15.2 Å². The Kier molecular flexibility index (Phi) is 3.26. The Bertz CT molecular complexity index is 525. The molecular formula is C12H16N4O2. The van der Waals surface area contributed by atoms with Crippen molar-refractivity contribution in [1.82, 2.24) is 10.2 Å². The fraction of sp³-hybridized carbons (Fsp3) is 0.500. The van der Waals surface area contributed by atoms with Crippen LogP contribution in [0.5, 0.6) is 5.88 Å². The maximum absolute atomic E-state index is 9.23. The molecule has 1 aromatic heterocycles. The average molecular weight is 248 g/mol. The molecule has 0 saturated carbocycles. The van der Waals surface area contributed by atoms with E-state index in [1.807, 2.05) is 13.8 Å². The van der Waals surface area contributed by atoms with E-state index < -0.39 is 0 Å². The Hall–Kier alpha value is -2.00. The average Bonchev–Trinajstić information content (AvgIpc) is 2.70. The van der Waals surface area contributed by atoms with E-state index in [1.165, 1.54) is 0 Å². The highest BCUT2D eigenvalue weighted by Crippen LogP contribution is 2.42. The fourth-order valence-electron chi connectivity index (χ4n) is 2.27. The van der Waals surface area contributed by atoms with E-state index in [9.17, 15) is 5.26 Å². The molecule has 1 atom stereocenters. The summed E-state index contributed by atoms with van der Waals surface area (Å²) in [6.07, 6.45) is 0. The van der Waals surface area contributed by atoms with Gasteiger partial charge in [-0.05, 0) is 5.92 Å². The summed E-state index contributed by atoms with van der Waals surface area (Å²) >= 11 is 0. The number of nitrogens with two attached hydrogens (primary N) is 1. The minimum Gasteiger partial charge on any atom is -0.420 e. The third-order valence-corrected chi connectivity index (χ3v) is 3.02. The van der Waals surface area contributed by atoms with Crippen molar-refractivity contribution in [3.8, 4) is 11.9 Å². The van der Waals surface area contributed by atoms with Crippen LogP contribution in [0.4, 0.5) is 0 Å². The number of hydrogen-bond donors (Lipinski definition) is 2. The number of fused-ring (bicyclic) bond motifs is 1. The predicted molar refractivity (Wildman–Crippen MR) is 64.3 cm³/mol. The summed E-state index contributed by atoms with van der Waals surface area (Å²) in [5, 5.41) is 16.2. The summed E-state index contributed by atoms with van der Waals surface area (Å²) in [6, 6.07) is 2.13. The number of aromatic nitrogens is 2. The number of nitrogens with one attached hydrogen (secondary N) is 1. The highest BCUT2D eigenvalue weighted by atomic mass is 16.5. The number of aromatic amines is 1. The van der Waals surface area contributed by atoms with E-state index in [0.29, 0.717) is 18.1 Å². The van der Waals surface area contributed by atoms with Gasteiger partial charge in [0.15, 0.2) is 0 Å². The van der Waals surface area contributed by atoms with Crippen LogP contribution in [0.3, 0.4) is 0 Å². The molecule has 0 bridgehead atoms. The highest BCUT2D eigenvalue weighted by molar-refractivity contribution is 5.49. The first-order valence-corrected chi connectivity index (χ1v) is 5.73. The molecule has 0 spiro atoms. The molecule has 6 nitrogen and oxygen atoms in total. The number of nitriles is 1. The molecule has 0 amide bonds. The van der Waals surface area contributed by atoms with Gasteiger partial charge in [0.1, 0.15) is 6.07 Å². The van der Waals surface area contributed by atoms with Crippen molar-refractivity contribution in [2.24, 2.45) is 11.7 Å². The molecule has 2 heterocycles. The summed E-state index contributed by atoms with van der Waals surface area (Å²) in [5.41, 5.74) is 7.92. The van der Waals surface area contributed by atoms with Gasteiger partial charge in [-0.2, -0.15) is 5.26 Å². The molecule has 3 N–H and O–H groups in total. The van der Waals surface area contributed by atoms with Crippen LogP contribution in [0.15, 0.2) is 11.5 Å². The lowest BCUT2D eigenvalue weighted by atomic mass is 9.81. The van der Waals surface area contributed by atoms with Crippen molar-refractivity contribution in [1.29, 1.82) is 5.26 Å². The molecule has 6 heteroatoms. The van der Waals surface area contributed by atoms with Gasteiger partial charge in [0.2, 0.25) is 11.8 Å². The molecular weight excluding hydrogens is 232 g/mol. The number of methoxy groups -OCH3 is 1. The summed E-state index contributed by atoms with van der Waals surface area (Å²) in [4.78, 5) is 0. The van der Waals surface area contributed by atoms with Gasteiger partial charge in [-0.25, -0.2) is 0 Å².